The van der Waals surface area contributed by atoms with Crippen molar-refractivity contribution in [1.82, 2.24) is 14.7 Å². The van der Waals surface area contributed by atoms with E-state index in [1.807, 2.05) is 32.0 Å². The number of carbonyl (C=O) groups excluding carboxylic acids is 1. The zero-order chi connectivity index (χ0) is 29.9. The summed E-state index contributed by atoms with van der Waals surface area (Å²) < 4.78 is 81.0. The van der Waals surface area contributed by atoms with Gasteiger partial charge in [-0.05, 0) is 80.5 Å². The number of aliphatic hydroxyl groups is 1. The van der Waals surface area contributed by atoms with E-state index in [9.17, 15) is 36.2 Å². The van der Waals surface area contributed by atoms with Crippen LogP contribution in [-0.4, -0.2) is 84.2 Å². The van der Waals surface area contributed by atoms with Gasteiger partial charge in [-0.3, -0.25) is 9.69 Å². The number of piperazine rings is 1. The molecule has 0 aliphatic carbocycles. The Balaban J connectivity index is 1.57. The first-order valence-electron chi connectivity index (χ1n) is 14.0. The third-order valence-electron chi connectivity index (χ3n) is 8.30. The lowest BCUT2D eigenvalue weighted by molar-refractivity contribution is -0.143. The van der Waals surface area contributed by atoms with Crippen LogP contribution in [0.25, 0.3) is 0 Å². The molecule has 2 aromatic rings. The zero-order valence-corrected chi connectivity index (χ0v) is 23.4. The third kappa shape index (κ3) is 8.02. The number of halogens is 6. The second kappa shape index (κ2) is 12.7. The molecular weight excluding hydrogens is 548 g/mol. The molecule has 226 valence electrons. The number of carbonyl (C=O) groups is 1. The van der Waals surface area contributed by atoms with E-state index in [1.54, 1.807) is 0 Å². The lowest BCUT2D eigenvalue weighted by atomic mass is 9.97. The van der Waals surface area contributed by atoms with Crippen LogP contribution in [0.1, 0.15) is 51.0 Å². The lowest BCUT2D eigenvalue weighted by Gasteiger charge is -2.43. The molecule has 2 fully saturated rings. The Kier molecular flexibility index (Phi) is 9.70. The average molecular weight is 586 g/mol. The molecule has 0 saturated carbocycles. The van der Waals surface area contributed by atoms with E-state index in [0.717, 1.165) is 49.2 Å². The molecule has 0 unspecified atom stereocenters. The first-order valence-corrected chi connectivity index (χ1v) is 14.0. The van der Waals surface area contributed by atoms with Crippen LogP contribution < -0.4 is 0 Å². The van der Waals surface area contributed by atoms with Gasteiger partial charge >= 0.3 is 12.4 Å². The number of hydrogen-bond donors (Lipinski definition) is 1. The molecule has 2 aromatic carbocycles. The van der Waals surface area contributed by atoms with E-state index >= 15 is 0 Å². The number of nitrogens with zero attached hydrogens (tertiary/aromatic N) is 3. The van der Waals surface area contributed by atoms with Gasteiger partial charge in [-0.2, -0.15) is 26.3 Å². The number of rotatable bonds is 7. The Morgan fingerprint density at radius 2 is 1.49 bits per heavy atom. The summed E-state index contributed by atoms with van der Waals surface area (Å²) in [5.74, 6) is -0.582. The standard InChI is InChI=1S/C30H37F6N3O2/c1-20-5-6-22(12-21(20)2)13-27-18-38(9-8-37-7-3-4-23(17-37)19-40)10-11-39(27)28(41)24-14-25(29(31,32)33)16-26(15-24)30(34,35)36/h5-6,12,14-16,23,27,40H,3-4,7-11,13,17-19H2,1-2H3/t23-,27+/m0/s1. The Bertz CT molecular complexity index is 1180. The van der Waals surface area contributed by atoms with Crippen molar-refractivity contribution < 1.29 is 36.2 Å². The molecule has 2 saturated heterocycles. The molecule has 0 spiro atoms. The molecule has 2 aliphatic heterocycles. The number of benzene rings is 2. The summed E-state index contributed by atoms with van der Waals surface area (Å²) in [4.78, 5) is 19.5. The molecule has 2 heterocycles. The second-order valence-electron chi connectivity index (χ2n) is 11.4. The Morgan fingerprint density at radius 3 is 2.07 bits per heavy atom. The van der Waals surface area contributed by atoms with Crippen molar-refractivity contribution in [2.75, 3.05) is 52.4 Å². The molecule has 41 heavy (non-hydrogen) atoms. The highest BCUT2D eigenvalue weighted by Crippen LogP contribution is 2.37. The minimum atomic E-state index is -5.03. The van der Waals surface area contributed by atoms with Crippen molar-refractivity contribution >= 4 is 5.91 Å². The van der Waals surface area contributed by atoms with Gasteiger partial charge in [-0.15, -0.1) is 0 Å². The van der Waals surface area contributed by atoms with Crippen molar-refractivity contribution in [1.29, 1.82) is 0 Å². The number of likely N-dealkylation sites (tertiary alicyclic amines) is 1. The summed E-state index contributed by atoms with van der Waals surface area (Å²) in [5.41, 5.74) is -0.512. The van der Waals surface area contributed by atoms with Crippen molar-refractivity contribution in [3.05, 3.63) is 69.8 Å². The Labute approximate surface area is 236 Å². The number of hydrogen-bond acceptors (Lipinski definition) is 4. The van der Waals surface area contributed by atoms with Crippen LogP contribution in [0.2, 0.25) is 0 Å². The van der Waals surface area contributed by atoms with Gasteiger partial charge in [-0.1, -0.05) is 18.2 Å². The number of alkyl halides is 6. The molecule has 5 nitrogen and oxygen atoms in total. The van der Waals surface area contributed by atoms with Crippen molar-refractivity contribution in [3.63, 3.8) is 0 Å². The van der Waals surface area contributed by atoms with Gasteiger partial charge in [0.1, 0.15) is 0 Å². The SMILES string of the molecule is Cc1ccc(C[C@@H]2CN(CCN3CCC[C@H](CO)C3)CCN2C(=O)c2cc(C(F)(F)F)cc(C(F)(F)F)c2)cc1C. The Morgan fingerprint density at radius 1 is 0.854 bits per heavy atom. The summed E-state index contributed by atoms with van der Waals surface area (Å²) >= 11 is 0. The largest absolute Gasteiger partial charge is 0.416 e. The fourth-order valence-corrected chi connectivity index (χ4v) is 5.80. The average Bonchev–Trinajstić information content (AvgIpc) is 2.92. The van der Waals surface area contributed by atoms with Gasteiger partial charge in [0.25, 0.3) is 5.91 Å². The van der Waals surface area contributed by atoms with Gasteiger partial charge in [0.2, 0.25) is 0 Å². The van der Waals surface area contributed by atoms with Crippen molar-refractivity contribution in [2.24, 2.45) is 5.92 Å². The fraction of sp³-hybridized carbons (Fsp3) is 0.567. The van der Waals surface area contributed by atoms with E-state index in [1.165, 1.54) is 4.90 Å². The fourth-order valence-electron chi connectivity index (χ4n) is 5.80. The van der Waals surface area contributed by atoms with Gasteiger partial charge in [0.15, 0.2) is 0 Å². The predicted molar refractivity (Wildman–Crippen MR) is 144 cm³/mol. The first kappa shape index (κ1) is 31.3. The van der Waals surface area contributed by atoms with Crippen LogP contribution in [-0.2, 0) is 18.8 Å². The van der Waals surface area contributed by atoms with Crippen LogP contribution in [0, 0.1) is 19.8 Å². The van der Waals surface area contributed by atoms with E-state index in [-0.39, 0.29) is 25.1 Å². The van der Waals surface area contributed by atoms with E-state index in [4.69, 9.17) is 0 Å². The van der Waals surface area contributed by atoms with Gasteiger partial charge in [-0.25, -0.2) is 0 Å². The molecule has 11 heteroatoms. The predicted octanol–water partition coefficient (Wildman–Crippen LogP) is 5.41. The maximum Gasteiger partial charge on any atom is 0.416 e. The van der Waals surface area contributed by atoms with Crippen LogP contribution >= 0.6 is 0 Å². The van der Waals surface area contributed by atoms with Crippen LogP contribution in [0.5, 0.6) is 0 Å². The molecule has 4 rings (SSSR count). The summed E-state index contributed by atoms with van der Waals surface area (Å²) in [5, 5.41) is 9.54. The molecule has 0 bridgehead atoms. The number of aliphatic hydroxyl groups excluding tert-OH is 1. The minimum absolute atomic E-state index is 0.0449. The smallest absolute Gasteiger partial charge is 0.396 e. The lowest BCUT2D eigenvalue weighted by Crippen LogP contribution is -2.57. The third-order valence-corrected chi connectivity index (χ3v) is 8.30. The summed E-state index contributed by atoms with van der Waals surface area (Å²) in [7, 11) is 0. The zero-order valence-electron chi connectivity index (χ0n) is 23.4. The molecule has 0 aromatic heterocycles. The van der Waals surface area contributed by atoms with Gasteiger partial charge in [0, 0.05) is 57.5 Å². The summed E-state index contributed by atoms with van der Waals surface area (Å²) in [6.45, 7) is 8.44. The van der Waals surface area contributed by atoms with Crippen molar-refractivity contribution in [3.8, 4) is 0 Å². The van der Waals surface area contributed by atoms with Gasteiger partial charge < -0.3 is 14.9 Å². The molecule has 1 amide bonds. The molecule has 2 atom stereocenters. The number of aryl methyl sites for hydroxylation is 2. The molecule has 0 radical (unpaired) electrons. The highest BCUT2D eigenvalue weighted by atomic mass is 19.4. The topological polar surface area (TPSA) is 47.0 Å². The van der Waals surface area contributed by atoms with Crippen LogP contribution in [0.3, 0.4) is 0 Å². The number of amides is 1. The molecule has 2 aliphatic rings. The maximum absolute atomic E-state index is 13.6. The Hall–Kier alpha value is -2.63. The van der Waals surface area contributed by atoms with E-state index in [2.05, 4.69) is 9.80 Å². The molecular formula is C30H37F6N3O2. The quantitative estimate of drug-likeness (QED) is 0.442. The summed E-state index contributed by atoms with van der Waals surface area (Å²) in [6.07, 6.45) is -7.63. The summed E-state index contributed by atoms with van der Waals surface area (Å²) in [6, 6.07) is 6.56. The number of piperidine rings is 1. The van der Waals surface area contributed by atoms with Gasteiger partial charge in [0.05, 0.1) is 11.1 Å². The minimum Gasteiger partial charge on any atom is -0.396 e. The highest BCUT2D eigenvalue weighted by Gasteiger charge is 2.39. The molecule has 1 N–H and O–H groups in total. The van der Waals surface area contributed by atoms with E-state index < -0.39 is 41.0 Å². The van der Waals surface area contributed by atoms with E-state index in [0.29, 0.717) is 38.2 Å². The van der Waals surface area contributed by atoms with Crippen molar-refractivity contribution in [2.45, 2.75) is 51.5 Å². The highest BCUT2D eigenvalue weighted by molar-refractivity contribution is 5.95. The van der Waals surface area contributed by atoms with Crippen LogP contribution in [0.15, 0.2) is 36.4 Å². The van der Waals surface area contributed by atoms with Crippen LogP contribution in [0.4, 0.5) is 26.3 Å². The maximum atomic E-state index is 13.6. The normalized spacial score (nSPS) is 21.3. The monoisotopic (exact) mass is 585 g/mol. The first-order chi connectivity index (χ1) is 19.2. The second-order valence-corrected chi connectivity index (χ2v) is 11.4.